The maximum absolute atomic E-state index is 9.93. The molecule has 17 heavy (non-hydrogen) atoms. The Bertz CT molecular complexity index is 378. The third-order valence-corrected chi connectivity index (χ3v) is 3.45. The van der Waals surface area contributed by atoms with Gasteiger partial charge in [-0.25, -0.2) is 0 Å². The van der Waals surface area contributed by atoms with Crippen LogP contribution < -0.4 is 10.5 Å². The van der Waals surface area contributed by atoms with E-state index in [9.17, 15) is 5.11 Å². The maximum Gasteiger partial charge on any atom is 0.127 e. The molecule has 0 heterocycles. The van der Waals surface area contributed by atoms with Gasteiger partial charge in [0, 0.05) is 12.1 Å². The van der Waals surface area contributed by atoms with Crippen molar-refractivity contribution in [1.82, 2.24) is 0 Å². The summed E-state index contributed by atoms with van der Waals surface area (Å²) in [5.74, 6) is 0.862. The molecule has 2 unspecified atom stereocenters. The average Bonchev–Trinajstić information content (AvgIpc) is 2.34. The Kier molecular flexibility index (Phi) is 4.02. The van der Waals surface area contributed by atoms with Crippen molar-refractivity contribution >= 4 is 0 Å². The van der Waals surface area contributed by atoms with Crippen molar-refractivity contribution in [2.45, 2.75) is 51.4 Å². The Morgan fingerprint density at radius 1 is 1.35 bits per heavy atom. The number of benzene rings is 1. The fourth-order valence-electron chi connectivity index (χ4n) is 2.41. The van der Waals surface area contributed by atoms with Crippen molar-refractivity contribution in [3.05, 3.63) is 29.3 Å². The van der Waals surface area contributed by atoms with Crippen LogP contribution in [0.5, 0.6) is 5.75 Å². The third kappa shape index (κ3) is 2.79. The highest BCUT2D eigenvalue weighted by Crippen LogP contribution is 2.28. The van der Waals surface area contributed by atoms with Gasteiger partial charge in [-0.05, 0) is 31.7 Å². The molecule has 1 aromatic carbocycles. The molecule has 2 rings (SSSR count). The summed E-state index contributed by atoms with van der Waals surface area (Å²) >= 11 is 0. The van der Waals surface area contributed by atoms with Gasteiger partial charge in [-0.2, -0.15) is 0 Å². The highest BCUT2D eigenvalue weighted by molar-refractivity contribution is 5.40. The van der Waals surface area contributed by atoms with Crippen molar-refractivity contribution in [3.8, 4) is 5.75 Å². The molecule has 3 nitrogen and oxygen atoms in total. The van der Waals surface area contributed by atoms with Gasteiger partial charge in [0.15, 0.2) is 0 Å². The van der Waals surface area contributed by atoms with Crippen molar-refractivity contribution in [3.63, 3.8) is 0 Å². The molecule has 3 heteroatoms. The fourth-order valence-corrected chi connectivity index (χ4v) is 2.41. The van der Waals surface area contributed by atoms with Crippen LogP contribution in [0.25, 0.3) is 0 Å². The molecular formula is C14H21NO2. The number of ether oxygens (including phenoxy) is 1. The highest BCUT2D eigenvalue weighted by Gasteiger charge is 2.25. The lowest BCUT2D eigenvalue weighted by Gasteiger charge is -2.29. The van der Waals surface area contributed by atoms with Gasteiger partial charge in [0.05, 0.1) is 6.10 Å². The molecule has 0 saturated heterocycles. The van der Waals surface area contributed by atoms with Gasteiger partial charge in [0.25, 0.3) is 0 Å². The quantitative estimate of drug-likeness (QED) is 0.844. The molecule has 0 amide bonds. The smallest absolute Gasteiger partial charge is 0.127 e. The molecule has 2 atom stereocenters. The molecule has 0 aliphatic heterocycles. The summed E-state index contributed by atoms with van der Waals surface area (Å²) < 4.78 is 5.99. The fraction of sp³-hybridized carbons (Fsp3) is 0.571. The van der Waals surface area contributed by atoms with E-state index < -0.39 is 0 Å². The van der Waals surface area contributed by atoms with E-state index in [0.717, 1.165) is 42.6 Å². The number of aliphatic hydroxyl groups excluding tert-OH is 1. The van der Waals surface area contributed by atoms with E-state index in [4.69, 9.17) is 10.5 Å². The zero-order valence-electron chi connectivity index (χ0n) is 10.4. The normalized spacial score (nSPS) is 24.6. The van der Waals surface area contributed by atoms with Crippen LogP contribution >= 0.6 is 0 Å². The number of rotatable bonds is 3. The molecule has 0 spiro atoms. The molecule has 0 bridgehead atoms. The van der Waals surface area contributed by atoms with E-state index >= 15 is 0 Å². The molecular weight excluding hydrogens is 214 g/mol. The molecule has 1 aliphatic rings. The lowest BCUT2D eigenvalue weighted by atomic mass is 9.94. The minimum Gasteiger partial charge on any atom is -0.487 e. The first-order chi connectivity index (χ1) is 8.22. The van der Waals surface area contributed by atoms with Crippen molar-refractivity contribution in [1.29, 1.82) is 0 Å². The highest BCUT2D eigenvalue weighted by atomic mass is 16.5. The summed E-state index contributed by atoms with van der Waals surface area (Å²) in [5, 5.41) is 9.93. The molecule has 3 N–H and O–H groups in total. The molecule has 0 aromatic heterocycles. The van der Waals surface area contributed by atoms with E-state index in [0.29, 0.717) is 6.54 Å². The second-order valence-corrected chi connectivity index (χ2v) is 4.78. The number of aliphatic hydroxyl groups is 1. The van der Waals surface area contributed by atoms with Gasteiger partial charge in [0.2, 0.25) is 0 Å². The number of hydrogen-bond donors (Lipinski definition) is 2. The van der Waals surface area contributed by atoms with E-state index in [2.05, 4.69) is 0 Å². The van der Waals surface area contributed by atoms with Gasteiger partial charge in [-0.15, -0.1) is 0 Å². The second kappa shape index (κ2) is 5.52. The predicted octanol–water partition coefficient (Wildman–Crippen LogP) is 2.14. The van der Waals surface area contributed by atoms with E-state index in [1.54, 1.807) is 0 Å². The predicted molar refractivity (Wildman–Crippen MR) is 68.0 cm³/mol. The van der Waals surface area contributed by atoms with Crippen LogP contribution in [0.3, 0.4) is 0 Å². The lowest BCUT2D eigenvalue weighted by molar-refractivity contribution is 0.00608. The van der Waals surface area contributed by atoms with Crippen molar-refractivity contribution in [2.24, 2.45) is 5.73 Å². The van der Waals surface area contributed by atoms with Crippen molar-refractivity contribution in [2.75, 3.05) is 0 Å². The standard InChI is InChI=1S/C14H21NO2/c1-10-5-4-6-11(9-15)14(10)17-13-8-3-2-7-12(13)16/h4-6,12-13,16H,2-3,7-9,15H2,1H3. The van der Waals surface area contributed by atoms with Gasteiger partial charge >= 0.3 is 0 Å². The first-order valence-electron chi connectivity index (χ1n) is 6.35. The Morgan fingerprint density at radius 2 is 2.12 bits per heavy atom. The van der Waals surface area contributed by atoms with Gasteiger partial charge in [-0.3, -0.25) is 0 Å². The summed E-state index contributed by atoms with van der Waals surface area (Å²) in [6.07, 6.45) is 3.59. The minimum atomic E-state index is -0.339. The van der Waals surface area contributed by atoms with E-state index in [1.807, 2.05) is 25.1 Å². The van der Waals surface area contributed by atoms with Crippen LogP contribution in [0, 0.1) is 6.92 Å². The Hall–Kier alpha value is -1.06. The number of para-hydroxylation sites is 1. The number of nitrogens with two attached hydrogens (primary N) is 1. The molecule has 94 valence electrons. The van der Waals surface area contributed by atoms with Crippen LogP contribution in [0.2, 0.25) is 0 Å². The van der Waals surface area contributed by atoms with E-state index in [-0.39, 0.29) is 12.2 Å². The van der Waals surface area contributed by atoms with Gasteiger partial charge in [-0.1, -0.05) is 24.6 Å². The largest absolute Gasteiger partial charge is 0.487 e. The second-order valence-electron chi connectivity index (χ2n) is 4.78. The number of aryl methyl sites for hydroxylation is 1. The maximum atomic E-state index is 9.93. The van der Waals surface area contributed by atoms with Gasteiger partial charge in [0.1, 0.15) is 11.9 Å². The molecule has 1 aliphatic carbocycles. The summed E-state index contributed by atoms with van der Waals surface area (Å²) in [6, 6.07) is 5.99. The monoisotopic (exact) mass is 235 g/mol. The van der Waals surface area contributed by atoms with Crippen LogP contribution in [0.15, 0.2) is 18.2 Å². The van der Waals surface area contributed by atoms with Crippen LogP contribution in [0.4, 0.5) is 0 Å². The summed E-state index contributed by atoms with van der Waals surface area (Å²) in [6.45, 7) is 2.49. The van der Waals surface area contributed by atoms with Crippen LogP contribution in [-0.2, 0) is 6.54 Å². The Balaban J connectivity index is 2.16. The first-order valence-corrected chi connectivity index (χ1v) is 6.35. The summed E-state index contributed by atoms with van der Waals surface area (Å²) in [5.41, 5.74) is 7.82. The zero-order valence-corrected chi connectivity index (χ0v) is 10.4. The Labute approximate surface area is 103 Å². The molecule has 0 radical (unpaired) electrons. The first kappa shape index (κ1) is 12.4. The average molecular weight is 235 g/mol. The zero-order chi connectivity index (χ0) is 12.3. The lowest BCUT2D eigenvalue weighted by Crippen LogP contribution is -2.35. The molecule has 1 saturated carbocycles. The molecule has 1 fully saturated rings. The van der Waals surface area contributed by atoms with Crippen LogP contribution in [0.1, 0.15) is 36.8 Å². The SMILES string of the molecule is Cc1cccc(CN)c1OC1CCCCC1O. The Morgan fingerprint density at radius 3 is 2.82 bits per heavy atom. The van der Waals surface area contributed by atoms with Gasteiger partial charge < -0.3 is 15.6 Å². The topological polar surface area (TPSA) is 55.5 Å². The van der Waals surface area contributed by atoms with Crippen molar-refractivity contribution < 1.29 is 9.84 Å². The van der Waals surface area contributed by atoms with E-state index in [1.165, 1.54) is 0 Å². The number of hydrogen-bond acceptors (Lipinski definition) is 3. The molecule has 1 aromatic rings. The third-order valence-electron chi connectivity index (χ3n) is 3.45. The summed E-state index contributed by atoms with van der Waals surface area (Å²) in [7, 11) is 0. The minimum absolute atomic E-state index is 0.0739. The van der Waals surface area contributed by atoms with Crippen LogP contribution in [-0.4, -0.2) is 17.3 Å². The summed E-state index contributed by atoms with van der Waals surface area (Å²) in [4.78, 5) is 0.